The van der Waals surface area contributed by atoms with Crippen molar-refractivity contribution in [3.05, 3.63) is 70.2 Å². The van der Waals surface area contributed by atoms with Gasteiger partial charge in [-0.2, -0.15) is 0 Å². The summed E-state index contributed by atoms with van der Waals surface area (Å²) in [5, 5.41) is 4.01. The van der Waals surface area contributed by atoms with E-state index in [4.69, 9.17) is 0 Å². The third-order valence-corrected chi connectivity index (χ3v) is 6.16. The van der Waals surface area contributed by atoms with E-state index >= 15 is 0 Å². The molecule has 3 saturated heterocycles. The van der Waals surface area contributed by atoms with E-state index in [9.17, 15) is 0 Å². The average Bonchev–Trinajstić information content (AvgIpc) is 2.64. The molecule has 25 heavy (non-hydrogen) atoms. The number of hydrogen-bond donors (Lipinski definition) is 1. The predicted octanol–water partition coefficient (Wildman–Crippen LogP) is 4.84. The topological polar surface area (TPSA) is 15.3 Å². The summed E-state index contributed by atoms with van der Waals surface area (Å²) in [5.74, 6) is 0.851. The Labute approximate surface area is 165 Å². The molecule has 3 aliphatic rings. The first-order chi connectivity index (χ1) is 11.8. The minimum absolute atomic E-state index is 0. The van der Waals surface area contributed by atoms with E-state index < -0.39 is 0 Å². The van der Waals surface area contributed by atoms with Gasteiger partial charge in [0.05, 0.1) is 0 Å². The number of nitrogens with one attached hydrogen (secondary N) is 1. The van der Waals surface area contributed by atoms with Crippen LogP contribution in [0.15, 0.2) is 59.1 Å². The van der Waals surface area contributed by atoms with Crippen molar-refractivity contribution in [2.75, 3.05) is 19.6 Å². The van der Waals surface area contributed by atoms with E-state index in [2.05, 4.69) is 80.7 Å². The van der Waals surface area contributed by atoms with E-state index in [1.165, 1.54) is 43.6 Å². The van der Waals surface area contributed by atoms with Gasteiger partial charge in [0, 0.05) is 23.1 Å². The summed E-state index contributed by atoms with van der Waals surface area (Å²) in [6, 6.07) is 20.7. The molecule has 0 spiro atoms. The zero-order valence-electron chi connectivity index (χ0n) is 14.4. The zero-order chi connectivity index (χ0) is 16.4. The van der Waals surface area contributed by atoms with Crippen molar-refractivity contribution >= 4 is 28.3 Å². The number of nitrogens with zero attached hydrogens (tertiary/aromatic N) is 1. The Morgan fingerprint density at radius 3 is 2.28 bits per heavy atom. The van der Waals surface area contributed by atoms with Gasteiger partial charge in [-0.05, 0) is 61.5 Å². The van der Waals surface area contributed by atoms with Crippen LogP contribution in [0.2, 0.25) is 0 Å². The Bertz CT molecular complexity index is 653. The maximum absolute atomic E-state index is 4.01. The normalized spacial score (nSPS) is 26.0. The van der Waals surface area contributed by atoms with Crippen molar-refractivity contribution in [2.24, 2.45) is 5.92 Å². The highest BCUT2D eigenvalue weighted by Gasteiger charge is 2.35. The van der Waals surface area contributed by atoms with Crippen LogP contribution >= 0.6 is 28.3 Å². The van der Waals surface area contributed by atoms with E-state index in [0.717, 1.165) is 16.8 Å². The molecule has 3 fully saturated rings. The lowest BCUT2D eigenvalue weighted by Crippen LogP contribution is -2.56. The number of piperidine rings is 3. The van der Waals surface area contributed by atoms with Crippen LogP contribution in [0.1, 0.15) is 30.0 Å². The van der Waals surface area contributed by atoms with Gasteiger partial charge < -0.3 is 10.2 Å². The first-order valence-corrected chi connectivity index (χ1v) is 9.85. The maximum atomic E-state index is 4.01. The number of hydrogen-bond acceptors (Lipinski definition) is 2. The largest absolute Gasteiger partial charge is 0.305 e. The van der Waals surface area contributed by atoms with Crippen LogP contribution in [-0.2, 0) is 6.42 Å². The highest BCUT2D eigenvalue weighted by Crippen LogP contribution is 2.30. The van der Waals surface area contributed by atoms with Gasteiger partial charge in [-0.25, -0.2) is 0 Å². The Kier molecular flexibility index (Phi) is 6.56. The fourth-order valence-corrected chi connectivity index (χ4v) is 4.49. The molecule has 1 N–H and O–H groups in total. The van der Waals surface area contributed by atoms with Gasteiger partial charge in [0.2, 0.25) is 0 Å². The summed E-state index contributed by atoms with van der Waals surface area (Å²) in [5.41, 5.74) is 2.79. The van der Waals surface area contributed by atoms with Crippen molar-refractivity contribution in [3.8, 4) is 0 Å². The molecule has 134 valence electrons. The van der Waals surface area contributed by atoms with Gasteiger partial charge in [-0.3, -0.25) is 0 Å². The molecule has 3 aliphatic heterocycles. The van der Waals surface area contributed by atoms with E-state index in [1.807, 2.05) is 0 Å². The van der Waals surface area contributed by atoms with Crippen LogP contribution in [0.5, 0.6) is 0 Å². The van der Waals surface area contributed by atoms with Crippen LogP contribution < -0.4 is 5.32 Å². The molecule has 0 aromatic heterocycles. The van der Waals surface area contributed by atoms with Gasteiger partial charge >= 0.3 is 0 Å². The molecule has 2 nitrogen and oxygen atoms in total. The third-order valence-electron chi connectivity index (χ3n) is 5.63. The van der Waals surface area contributed by atoms with Crippen LogP contribution in [0, 0.1) is 5.92 Å². The summed E-state index contributed by atoms with van der Waals surface area (Å²) in [4.78, 5) is 2.62. The standard InChI is InChI=1S/C21H25BrN2.ClH/c22-19-8-6-17(7-9-19)20(14-16-4-2-1-3-5-16)23-21-15-24-12-10-18(21)11-13-24;/h1-9,18,20-21,23H,10-15H2;1H. The van der Waals surface area contributed by atoms with Crippen LogP contribution in [0.3, 0.4) is 0 Å². The maximum Gasteiger partial charge on any atom is 0.0363 e. The Morgan fingerprint density at radius 2 is 1.68 bits per heavy atom. The number of rotatable bonds is 5. The molecule has 2 aromatic carbocycles. The second-order valence-electron chi connectivity index (χ2n) is 7.21. The molecule has 3 heterocycles. The lowest BCUT2D eigenvalue weighted by molar-refractivity contribution is 0.0669. The van der Waals surface area contributed by atoms with Crippen LogP contribution in [0.4, 0.5) is 0 Å². The SMILES string of the molecule is Brc1ccc(C(Cc2ccccc2)NC2CN3CCC2CC3)cc1.Cl. The third kappa shape index (κ3) is 4.65. The number of fused-ring (bicyclic) bond motifs is 3. The van der Waals surface area contributed by atoms with Gasteiger partial charge in [0.15, 0.2) is 0 Å². The molecule has 0 saturated carbocycles. The molecular weight excluding hydrogens is 396 g/mol. The minimum Gasteiger partial charge on any atom is -0.305 e. The highest BCUT2D eigenvalue weighted by atomic mass is 79.9. The summed E-state index contributed by atoms with van der Waals surface area (Å²) in [6.45, 7) is 3.81. The summed E-state index contributed by atoms with van der Waals surface area (Å²) < 4.78 is 1.15. The van der Waals surface area contributed by atoms with Crippen molar-refractivity contribution in [1.29, 1.82) is 0 Å². The molecule has 2 unspecified atom stereocenters. The zero-order valence-corrected chi connectivity index (χ0v) is 16.8. The Morgan fingerprint density at radius 1 is 1.00 bits per heavy atom. The Hall–Kier alpha value is -0.870. The molecule has 5 rings (SSSR count). The van der Waals surface area contributed by atoms with Crippen molar-refractivity contribution < 1.29 is 0 Å². The number of halogens is 2. The summed E-state index contributed by atoms with van der Waals surface area (Å²) >= 11 is 3.56. The van der Waals surface area contributed by atoms with Crippen molar-refractivity contribution in [1.82, 2.24) is 10.2 Å². The van der Waals surface area contributed by atoms with Gasteiger partial charge in [-0.1, -0.05) is 58.4 Å². The molecule has 2 atom stereocenters. The Balaban J connectivity index is 0.00000182. The number of benzene rings is 2. The van der Waals surface area contributed by atoms with Crippen molar-refractivity contribution in [3.63, 3.8) is 0 Å². The fraction of sp³-hybridized carbons (Fsp3) is 0.429. The van der Waals surface area contributed by atoms with Gasteiger partial charge in [0.1, 0.15) is 0 Å². The molecule has 4 heteroatoms. The lowest BCUT2D eigenvalue weighted by atomic mass is 9.83. The van der Waals surface area contributed by atoms with E-state index in [-0.39, 0.29) is 12.4 Å². The monoisotopic (exact) mass is 420 g/mol. The van der Waals surface area contributed by atoms with Gasteiger partial charge in [-0.15, -0.1) is 12.4 Å². The quantitative estimate of drug-likeness (QED) is 0.743. The average molecular weight is 422 g/mol. The molecule has 2 bridgehead atoms. The minimum atomic E-state index is 0. The first kappa shape index (κ1) is 18.9. The molecule has 2 aromatic rings. The highest BCUT2D eigenvalue weighted by molar-refractivity contribution is 9.10. The molecule has 0 amide bonds. The van der Waals surface area contributed by atoms with Gasteiger partial charge in [0.25, 0.3) is 0 Å². The lowest BCUT2D eigenvalue weighted by Gasteiger charge is -2.46. The second kappa shape index (κ2) is 8.68. The predicted molar refractivity (Wildman–Crippen MR) is 110 cm³/mol. The molecule has 0 radical (unpaired) electrons. The fourth-order valence-electron chi connectivity index (χ4n) is 4.23. The van der Waals surface area contributed by atoms with Crippen LogP contribution in [-0.4, -0.2) is 30.6 Å². The molecular formula is C21H26BrClN2. The first-order valence-electron chi connectivity index (χ1n) is 9.06. The summed E-state index contributed by atoms with van der Waals surface area (Å²) in [6.07, 6.45) is 3.76. The molecule has 0 aliphatic carbocycles. The van der Waals surface area contributed by atoms with Crippen LogP contribution in [0.25, 0.3) is 0 Å². The smallest absolute Gasteiger partial charge is 0.0363 e. The summed E-state index contributed by atoms with van der Waals surface area (Å²) in [7, 11) is 0. The second-order valence-corrected chi connectivity index (χ2v) is 8.12. The van der Waals surface area contributed by atoms with Crippen molar-refractivity contribution in [2.45, 2.75) is 31.3 Å². The van der Waals surface area contributed by atoms with E-state index in [0.29, 0.717) is 12.1 Å². The van der Waals surface area contributed by atoms with E-state index in [1.54, 1.807) is 0 Å².